The summed E-state index contributed by atoms with van der Waals surface area (Å²) in [6.45, 7) is 0. The Kier molecular flexibility index (Phi) is 4.47. The Morgan fingerprint density at radius 3 is 2.17 bits per heavy atom. The van der Waals surface area contributed by atoms with Gasteiger partial charge < -0.3 is 5.32 Å². The molecule has 0 atom stereocenters. The van der Waals surface area contributed by atoms with Gasteiger partial charge in [0.25, 0.3) is 5.91 Å². The first kappa shape index (κ1) is 15.6. The fourth-order valence-corrected chi connectivity index (χ4v) is 2.34. The van der Waals surface area contributed by atoms with Gasteiger partial charge in [0.05, 0.1) is 5.56 Å². The third-order valence-electron chi connectivity index (χ3n) is 3.54. The summed E-state index contributed by atoms with van der Waals surface area (Å²) in [5.74, 6) is -1.29. The lowest BCUT2D eigenvalue weighted by Crippen LogP contribution is -2.14. The summed E-state index contributed by atoms with van der Waals surface area (Å²) in [6, 6.07) is 21.2. The number of halogens is 1. The minimum Gasteiger partial charge on any atom is -0.322 e. The monoisotopic (exact) mass is 319 g/mol. The third-order valence-corrected chi connectivity index (χ3v) is 3.54. The summed E-state index contributed by atoms with van der Waals surface area (Å²) >= 11 is 0. The summed E-state index contributed by atoms with van der Waals surface area (Å²) in [7, 11) is 0. The van der Waals surface area contributed by atoms with Gasteiger partial charge in [-0.15, -0.1) is 0 Å². The molecule has 3 aromatic carbocycles. The predicted octanol–water partition coefficient (Wildman–Crippen LogP) is 4.31. The molecule has 0 heterocycles. The fraction of sp³-hybridized carbons (Fsp3) is 0. The normalized spacial score (nSPS) is 10.2. The Bertz CT molecular complexity index is 891. The van der Waals surface area contributed by atoms with Gasteiger partial charge in [0.2, 0.25) is 0 Å². The molecule has 3 nitrogen and oxygen atoms in total. The van der Waals surface area contributed by atoms with Crippen LogP contribution >= 0.6 is 0 Å². The standard InChI is InChI=1S/C20H14FNO2/c21-18-12-5-4-11-17(18)20(24)22-16-10-6-9-15(13-16)19(23)14-7-2-1-3-8-14/h1-13H,(H,22,24). The highest BCUT2D eigenvalue weighted by Crippen LogP contribution is 2.16. The van der Waals surface area contributed by atoms with E-state index in [0.29, 0.717) is 16.8 Å². The lowest BCUT2D eigenvalue weighted by Gasteiger charge is -2.08. The number of hydrogen-bond acceptors (Lipinski definition) is 2. The van der Waals surface area contributed by atoms with Crippen molar-refractivity contribution in [3.63, 3.8) is 0 Å². The van der Waals surface area contributed by atoms with E-state index in [1.807, 2.05) is 6.07 Å². The zero-order valence-corrected chi connectivity index (χ0v) is 12.7. The first-order valence-electron chi connectivity index (χ1n) is 7.41. The number of amides is 1. The molecule has 0 saturated carbocycles. The molecule has 0 saturated heterocycles. The molecule has 0 unspecified atom stereocenters. The predicted molar refractivity (Wildman–Crippen MR) is 90.7 cm³/mol. The largest absolute Gasteiger partial charge is 0.322 e. The number of carbonyl (C=O) groups excluding carboxylic acids is 2. The second kappa shape index (κ2) is 6.87. The molecule has 0 radical (unpaired) electrons. The Balaban J connectivity index is 1.82. The van der Waals surface area contributed by atoms with E-state index in [9.17, 15) is 14.0 Å². The highest BCUT2D eigenvalue weighted by atomic mass is 19.1. The van der Waals surface area contributed by atoms with Crippen molar-refractivity contribution in [2.24, 2.45) is 0 Å². The summed E-state index contributed by atoms with van der Waals surface area (Å²) in [6.07, 6.45) is 0. The van der Waals surface area contributed by atoms with Gasteiger partial charge in [0, 0.05) is 16.8 Å². The van der Waals surface area contributed by atoms with E-state index in [0.717, 1.165) is 0 Å². The van der Waals surface area contributed by atoms with Crippen molar-refractivity contribution in [1.82, 2.24) is 0 Å². The number of benzene rings is 3. The molecule has 118 valence electrons. The number of rotatable bonds is 4. The molecule has 3 rings (SSSR count). The molecule has 0 aliphatic carbocycles. The van der Waals surface area contributed by atoms with Crippen LogP contribution in [0.25, 0.3) is 0 Å². The van der Waals surface area contributed by atoms with Crippen molar-refractivity contribution in [3.05, 3.63) is 101 Å². The van der Waals surface area contributed by atoms with Crippen molar-refractivity contribution in [1.29, 1.82) is 0 Å². The van der Waals surface area contributed by atoms with Crippen molar-refractivity contribution < 1.29 is 14.0 Å². The highest BCUT2D eigenvalue weighted by molar-refractivity contribution is 6.10. The average molecular weight is 319 g/mol. The van der Waals surface area contributed by atoms with Crippen LogP contribution in [0.4, 0.5) is 10.1 Å². The fourth-order valence-electron chi connectivity index (χ4n) is 2.34. The van der Waals surface area contributed by atoms with Crippen LogP contribution in [-0.4, -0.2) is 11.7 Å². The zero-order valence-electron chi connectivity index (χ0n) is 12.7. The van der Waals surface area contributed by atoms with Crippen LogP contribution in [0.15, 0.2) is 78.9 Å². The summed E-state index contributed by atoms with van der Waals surface area (Å²) in [5.41, 5.74) is 1.41. The Hall–Kier alpha value is -3.27. The smallest absolute Gasteiger partial charge is 0.258 e. The van der Waals surface area contributed by atoms with Gasteiger partial charge in [-0.1, -0.05) is 54.6 Å². The summed E-state index contributed by atoms with van der Waals surface area (Å²) in [5, 5.41) is 2.61. The van der Waals surface area contributed by atoms with E-state index >= 15 is 0 Å². The number of hydrogen-bond donors (Lipinski definition) is 1. The molecular formula is C20H14FNO2. The van der Waals surface area contributed by atoms with Gasteiger partial charge >= 0.3 is 0 Å². The van der Waals surface area contributed by atoms with Crippen LogP contribution in [0.2, 0.25) is 0 Å². The number of anilines is 1. The van der Waals surface area contributed by atoms with Crippen LogP contribution in [0.5, 0.6) is 0 Å². The molecule has 4 heteroatoms. The molecular weight excluding hydrogens is 305 g/mol. The average Bonchev–Trinajstić information content (AvgIpc) is 2.62. The first-order valence-corrected chi connectivity index (χ1v) is 7.41. The quantitative estimate of drug-likeness (QED) is 0.728. The molecule has 0 aliphatic heterocycles. The van der Waals surface area contributed by atoms with E-state index in [4.69, 9.17) is 0 Å². The maximum Gasteiger partial charge on any atom is 0.258 e. The minimum absolute atomic E-state index is 0.0442. The summed E-state index contributed by atoms with van der Waals surface area (Å²) < 4.78 is 13.7. The van der Waals surface area contributed by atoms with Crippen LogP contribution in [0.1, 0.15) is 26.3 Å². The van der Waals surface area contributed by atoms with E-state index in [1.165, 1.54) is 18.2 Å². The highest BCUT2D eigenvalue weighted by Gasteiger charge is 2.13. The van der Waals surface area contributed by atoms with Gasteiger partial charge in [-0.3, -0.25) is 9.59 Å². The molecule has 3 aromatic rings. The van der Waals surface area contributed by atoms with E-state index in [-0.39, 0.29) is 11.3 Å². The van der Waals surface area contributed by atoms with Crippen molar-refractivity contribution >= 4 is 17.4 Å². The van der Waals surface area contributed by atoms with Crippen LogP contribution < -0.4 is 5.32 Å². The Morgan fingerprint density at radius 1 is 0.750 bits per heavy atom. The summed E-state index contributed by atoms with van der Waals surface area (Å²) in [4.78, 5) is 24.6. The Morgan fingerprint density at radius 2 is 1.42 bits per heavy atom. The van der Waals surface area contributed by atoms with Gasteiger partial charge in [-0.25, -0.2) is 4.39 Å². The maximum absolute atomic E-state index is 13.7. The molecule has 24 heavy (non-hydrogen) atoms. The molecule has 0 spiro atoms. The molecule has 1 N–H and O–H groups in total. The topological polar surface area (TPSA) is 46.2 Å². The van der Waals surface area contributed by atoms with Gasteiger partial charge in [0.1, 0.15) is 5.82 Å². The van der Waals surface area contributed by atoms with Gasteiger partial charge in [-0.2, -0.15) is 0 Å². The zero-order chi connectivity index (χ0) is 16.9. The SMILES string of the molecule is O=C(c1ccccc1)c1cccc(NC(=O)c2ccccc2F)c1. The van der Waals surface area contributed by atoms with Gasteiger partial charge in [0.15, 0.2) is 5.78 Å². The number of carbonyl (C=O) groups is 2. The molecule has 0 fully saturated rings. The lowest BCUT2D eigenvalue weighted by atomic mass is 10.0. The number of nitrogens with one attached hydrogen (secondary N) is 1. The van der Waals surface area contributed by atoms with E-state index < -0.39 is 11.7 Å². The van der Waals surface area contributed by atoms with E-state index in [2.05, 4.69) is 5.32 Å². The second-order valence-electron chi connectivity index (χ2n) is 5.21. The number of ketones is 1. The van der Waals surface area contributed by atoms with Crippen LogP contribution in [0, 0.1) is 5.82 Å². The third kappa shape index (κ3) is 3.38. The van der Waals surface area contributed by atoms with Crippen LogP contribution in [0.3, 0.4) is 0 Å². The van der Waals surface area contributed by atoms with Crippen LogP contribution in [-0.2, 0) is 0 Å². The minimum atomic E-state index is -0.591. The lowest BCUT2D eigenvalue weighted by molar-refractivity contribution is 0.101. The first-order chi connectivity index (χ1) is 11.6. The molecule has 1 amide bonds. The molecule has 0 aliphatic rings. The van der Waals surface area contributed by atoms with E-state index in [1.54, 1.807) is 54.6 Å². The maximum atomic E-state index is 13.7. The Labute approximate surface area is 138 Å². The van der Waals surface area contributed by atoms with Gasteiger partial charge in [-0.05, 0) is 24.3 Å². The van der Waals surface area contributed by atoms with Crippen molar-refractivity contribution in [2.75, 3.05) is 5.32 Å². The second-order valence-corrected chi connectivity index (χ2v) is 5.21. The molecule has 0 aromatic heterocycles. The molecule has 0 bridgehead atoms. The van der Waals surface area contributed by atoms with Crippen molar-refractivity contribution in [3.8, 4) is 0 Å². The van der Waals surface area contributed by atoms with Crippen molar-refractivity contribution in [2.45, 2.75) is 0 Å².